The van der Waals surface area contributed by atoms with Crippen LogP contribution in [0.25, 0.3) is 0 Å². The molecule has 25 heavy (non-hydrogen) atoms. The van der Waals surface area contributed by atoms with Gasteiger partial charge in [0.1, 0.15) is 0 Å². The third kappa shape index (κ3) is 2.33. The van der Waals surface area contributed by atoms with Crippen molar-refractivity contribution in [2.45, 2.75) is 77.6 Å². The maximum Gasteiger partial charge on any atom is 0.155 e. The molecule has 4 aliphatic rings. The fourth-order valence-electron chi connectivity index (χ4n) is 7.57. The van der Waals surface area contributed by atoms with Crippen molar-refractivity contribution in [2.24, 2.45) is 34.5 Å². The summed E-state index contributed by atoms with van der Waals surface area (Å²) in [6.45, 7) is 6.27. The highest BCUT2D eigenvalue weighted by Gasteiger charge is 2.63. The van der Waals surface area contributed by atoms with Gasteiger partial charge in [-0.2, -0.15) is 0 Å². The second-order valence-electron chi connectivity index (χ2n) is 9.73. The van der Waals surface area contributed by atoms with Gasteiger partial charge in [0.05, 0.1) is 18.3 Å². The Morgan fingerprint density at radius 3 is 2.64 bits per heavy atom. The molecular formula is C21H32O4. The van der Waals surface area contributed by atoms with Crippen LogP contribution in [-0.2, 0) is 4.79 Å². The molecule has 0 radical (unpaired) electrons. The summed E-state index contributed by atoms with van der Waals surface area (Å²) in [5.41, 5.74) is 0.522. The topological polar surface area (TPSA) is 77.8 Å². The van der Waals surface area contributed by atoms with E-state index < -0.39 is 12.2 Å². The Bertz CT molecular complexity index is 611. The van der Waals surface area contributed by atoms with Crippen molar-refractivity contribution < 1.29 is 20.1 Å². The first-order valence-corrected chi connectivity index (χ1v) is 9.97. The van der Waals surface area contributed by atoms with E-state index in [2.05, 4.69) is 13.8 Å². The molecule has 9 atom stereocenters. The minimum atomic E-state index is -0.573. The lowest BCUT2D eigenvalue weighted by atomic mass is 9.45. The summed E-state index contributed by atoms with van der Waals surface area (Å²) >= 11 is 0. The molecule has 3 N–H and O–H groups in total. The number of ketones is 1. The second-order valence-corrected chi connectivity index (χ2v) is 9.73. The van der Waals surface area contributed by atoms with E-state index in [1.54, 1.807) is 6.08 Å². The van der Waals surface area contributed by atoms with E-state index in [1.165, 1.54) is 0 Å². The van der Waals surface area contributed by atoms with Crippen LogP contribution in [0.15, 0.2) is 11.6 Å². The first-order chi connectivity index (χ1) is 11.7. The number of carbonyl (C=O) groups is 1. The minimum Gasteiger partial charge on any atom is -0.393 e. The van der Waals surface area contributed by atoms with E-state index in [0.717, 1.165) is 31.3 Å². The van der Waals surface area contributed by atoms with Gasteiger partial charge in [0.2, 0.25) is 0 Å². The number of aliphatic hydroxyl groups is 3. The second kappa shape index (κ2) is 5.64. The van der Waals surface area contributed by atoms with E-state index in [9.17, 15) is 20.1 Å². The van der Waals surface area contributed by atoms with Crippen LogP contribution in [0.5, 0.6) is 0 Å². The van der Waals surface area contributed by atoms with Gasteiger partial charge in [0.25, 0.3) is 0 Å². The number of hydrogen-bond donors (Lipinski definition) is 3. The lowest BCUT2D eigenvalue weighted by Gasteiger charge is -2.60. The summed E-state index contributed by atoms with van der Waals surface area (Å²) in [6, 6.07) is 0. The maximum atomic E-state index is 11.9. The maximum absolute atomic E-state index is 11.9. The van der Waals surface area contributed by atoms with Gasteiger partial charge in [-0.3, -0.25) is 4.79 Å². The van der Waals surface area contributed by atoms with Gasteiger partial charge in [0.15, 0.2) is 5.78 Å². The Morgan fingerprint density at radius 1 is 1.24 bits per heavy atom. The quantitative estimate of drug-likeness (QED) is 0.680. The van der Waals surface area contributed by atoms with Crippen molar-refractivity contribution in [2.75, 3.05) is 0 Å². The first kappa shape index (κ1) is 17.7. The van der Waals surface area contributed by atoms with Crippen LogP contribution < -0.4 is 0 Å². The van der Waals surface area contributed by atoms with Crippen LogP contribution in [0.2, 0.25) is 0 Å². The highest BCUT2D eigenvalue weighted by atomic mass is 16.3. The van der Waals surface area contributed by atoms with Gasteiger partial charge in [-0.25, -0.2) is 0 Å². The summed E-state index contributed by atoms with van der Waals surface area (Å²) in [6.07, 6.45) is 4.99. The molecule has 0 aromatic rings. The van der Waals surface area contributed by atoms with Gasteiger partial charge >= 0.3 is 0 Å². The van der Waals surface area contributed by atoms with E-state index in [0.29, 0.717) is 18.8 Å². The molecule has 4 aliphatic carbocycles. The predicted octanol–water partition coefficient (Wildman–Crippen LogP) is 2.46. The fraction of sp³-hybridized carbons (Fsp3) is 0.857. The lowest BCUT2D eigenvalue weighted by molar-refractivity contribution is -0.152. The third-order valence-electron chi connectivity index (χ3n) is 8.56. The molecule has 0 unspecified atom stereocenters. The third-order valence-corrected chi connectivity index (χ3v) is 8.56. The molecule has 0 heterocycles. The van der Waals surface area contributed by atoms with Crippen LogP contribution in [0.3, 0.4) is 0 Å². The molecule has 4 rings (SSSR count). The van der Waals surface area contributed by atoms with Crippen LogP contribution in [0.1, 0.15) is 59.3 Å². The highest BCUT2D eigenvalue weighted by Crippen LogP contribution is 2.66. The molecule has 4 nitrogen and oxygen atoms in total. The highest BCUT2D eigenvalue weighted by molar-refractivity contribution is 5.91. The lowest BCUT2D eigenvalue weighted by Crippen LogP contribution is -2.59. The van der Waals surface area contributed by atoms with Crippen molar-refractivity contribution in [1.82, 2.24) is 0 Å². The van der Waals surface area contributed by atoms with Gasteiger partial charge in [-0.15, -0.1) is 0 Å². The Balaban J connectivity index is 1.75. The predicted molar refractivity (Wildman–Crippen MR) is 94.7 cm³/mol. The zero-order valence-electron chi connectivity index (χ0n) is 15.6. The molecule has 0 aromatic heterocycles. The number of aliphatic hydroxyl groups excluding tert-OH is 3. The summed E-state index contributed by atoms with van der Waals surface area (Å²) in [5, 5.41) is 32.3. The SMILES string of the molecule is C[C@@H](O)[C@H]1CC[C@H]2[C@@H]3C[C@@H](O)C4=CC(=O)CC[C@]4(C)[C@H]3[C@H](O)C[C@]12C. The summed E-state index contributed by atoms with van der Waals surface area (Å²) < 4.78 is 0. The van der Waals surface area contributed by atoms with Crippen molar-refractivity contribution >= 4 is 5.78 Å². The van der Waals surface area contributed by atoms with Gasteiger partial charge in [-0.1, -0.05) is 13.8 Å². The standard InChI is InChI=1S/C21H32O4/c1-11(22)14-4-5-15-13-9-17(24)16-8-12(23)6-7-20(16,2)19(13)18(25)10-21(14,15)3/h8,11,13-15,17-19,22,24-25H,4-7,9-10H2,1-3H3/t11-,13+,14-,15+,17-,18-,19-,20+,21-/m1/s1. The van der Waals surface area contributed by atoms with Crippen molar-refractivity contribution in [3.05, 3.63) is 11.6 Å². The molecule has 0 saturated heterocycles. The molecule has 0 bridgehead atoms. The molecular weight excluding hydrogens is 316 g/mol. The molecule has 0 aliphatic heterocycles. The van der Waals surface area contributed by atoms with Crippen LogP contribution in [-0.4, -0.2) is 39.4 Å². The molecule has 0 aromatic carbocycles. The van der Waals surface area contributed by atoms with Crippen molar-refractivity contribution in [3.63, 3.8) is 0 Å². The van der Waals surface area contributed by atoms with Gasteiger partial charge in [-0.05, 0) is 85.2 Å². The molecule has 3 saturated carbocycles. The fourth-order valence-corrected chi connectivity index (χ4v) is 7.57. The smallest absolute Gasteiger partial charge is 0.155 e. The zero-order chi connectivity index (χ0) is 18.1. The van der Waals surface area contributed by atoms with Crippen LogP contribution in [0, 0.1) is 34.5 Å². The van der Waals surface area contributed by atoms with E-state index in [-0.39, 0.29) is 40.5 Å². The van der Waals surface area contributed by atoms with Crippen LogP contribution in [0.4, 0.5) is 0 Å². The average molecular weight is 348 g/mol. The molecule has 3 fully saturated rings. The number of fused-ring (bicyclic) bond motifs is 5. The Hall–Kier alpha value is -0.710. The van der Waals surface area contributed by atoms with Gasteiger partial charge < -0.3 is 15.3 Å². The van der Waals surface area contributed by atoms with Crippen molar-refractivity contribution in [3.8, 4) is 0 Å². The summed E-state index contributed by atoms with van der Waals surface area (Å²) in [4.78, 5) is 11.9. The zero-order valence-corrected chi connectivity index (χ0v) is 15.6. The average Bonchev–Trinajstić information content (AvgIpc) is 2.85. The van der Waals surface area contributed by atoms with Crippen molar-refractivity contribution in [1.29, 1.82) is 0 Å². The number of hydrogen-bond acceptors (Lipinski definition) is 4. The molecule has 0 spiro atoms. The minimum absolute atomic E-state index is 0.0590. The molecule has 0 amide bonds. The van der Waals surface area contributed by atoms with Gasteiger partial charge in [0, 0.05) is 6.42 Å². The largest absolute Gasteiger partial charge is 0.393 e. The molecule has 140 valence electrons. The van der Waals surface area contributed by atoms with E-state index in [1.807, 2.05) is 6.92 Å². The number of carbonyl (C=O) groups excluding carboxylic acids is 1. The molecule has 4 heteroatoms. The number of rotatable bonds is 1. The Labute approximate surface area is 150 Å². The summed E-state index contributed by atoms with van der Waals surface area (Å²) in [7, 11) is 0. The van der Waals surface area contributed by atoms with Crippen LogP contribution >= 0.6 is 0 Å². The van der Waals surface area contributed by atoms with E-state index >= 15 is 0 Å². The first-order valence-electron chi connectivity index (χ1n) is 9.97. The summed E-state index contributed by atoms with van der Waals surface area (Å²) in [5.74, 6) is 1.15. The Morgan fingerprint density at radius 2 is 1.96 bits per heavy atom. The Kier molecular flexibility index (Phi) is 3.99. The monoisotopic (exact) mass is 348 g/mol. The van der Waals surface area contributed by atoms with E-state index in [4.69, 9.17) is 0 Å². The normalized spacial score (nSPS) is 53.5.